The molecule has 190 valence electrons. The number of aromatic nitrogens is 2. The highest BCUT2D eigenvalue weighted by Crippen LogP contribution is 2.40. The maximum Gasteiger partial charge on any atom is 0.402 e. The van der Waals surface area contributed by atoms with Crippen LogP contribution in [0.4, 0.5) is 13.2 Å². The zero-order valence-electron chi connectivity index (χ0n) is 19.1. The van der Waals surface area contributed by atoms with Crippen molar-refractivity contribution in [2.24, 2.45) is 5.14 Å². The summed E-state index contributed by atoms with van der Waals surface area (Å²) in [4.78, 5) is 0. The van der Waals surface area contributed by atoms with Crippen LogP contribution in [0.15, 0.2) is 54.6 Å². The fourth-order valence-corrected chi connectivity index (χ4v) is 4.96. The zero-order valence-corrected chi connectivity index (χ0v) is 19.9. The molecular formula is C23H22F3N5O4S. The van der Waals surface area contributed by atoms with Gasteiger partial charge in [0.1, 0.15) is 17.8 Å². The summed E-state index contributed by atoms with van der Waals surface area (Å²) in [5, 5.41) is 18.7. The van der Waals surface area contributed by atoms with E-state index in [0.717, 1.165) is 0 Å². The van der Waals surface area contributed by atoms with Crippen molar-refractivity contribution in [2.75, 3.05) is 19.8 Å². The maximum atomic E-state index is 13.2. The summed E-state index contributed by atoms with van der Waals surface area (Å²) in [7, 11) is -4.72. The molecule has 0 saturated carbocycles. The van der Waals surface area contributed by atoms with Crippen LogP contribution in [0.3, 0.4) is 0 Å². The summed E-state index contributed by atoms with van der Waals surface area (Å²) in [5.74, 6) is 0.901. The largest absolute Gasteiger partial charge is 0.439 e. The van der Waals surface area contributed by atoms with E-state index in [2.05, 4.69) is 5.10 Å². The molecule has 1 fully saturated rings. The van der Waals surface area contributed by atoms with E-state index in [0.29, 0.717) is 40.6 Å². The molecule has 0 unspecified atom stereocenters. The molecule has 1 saturated heterocycles. The molecule has 0 amide bonds. The Hall–Kier alpha value is -3.44. The van der Waals surface area contributed by atoms with Gasteiger partial charge in [0.2, 0.25) is 5.88 Å². The molecule has 4 rings (SSSR count). The van der Waals surface area contributed by atoms with Gasteiger partial charge in [0, 0.05) is 18.2 Å². The van der Waals surface area contributed by atoms with Crippen LogP contribution in [-0.2, 0) is 27.0 Å². The van der Waals surface area contributed by atoms with E-state index in [-0.39, 0.29) is 17.5 Å². The summed E-state index contributed by atoms with van der Waals surface area (Å²) < 4.78 is 77.0. The lowest BCUT2D eigenvalue weighted by Gasteiger charge is -2.48. The van der Waals surface area contributed by atoms with Gasteiger partial charge in [0.15, 0.2) is 0 Å². The van der Waals surface area contributed by atoms with Crippen molar-refractivity contribution in [3.8, 4) is 29.0 Å². The third-order valence-corrected chi connectivity index (χ3v) is 6.83. The van der Waals surface area contributed by atoms with Crippen molar-refractivity contribution in [1.29, 1.82) is 5.26 Å². The third-order valence-electron chi connectivity index (χ3n) is 5.73. The monoisotopic (exact) mass is 521 g/mol. The van der Waals surface area contributed by atoms with Crippen LogP contribution >= 0.6 is 0 Å². The van der Waals surface area contributed by atoms with Gasteiger partial charge in [-0.2, -0.15) is 36.3 Å². The Kier molecular flexibility index (Phi) is 6.80. The average Bonchev–Trinajstić information content (AvgIpc) is 3.20. The standard InChI is InChI=1S/C23H22F3N5O4S/c1-2-30-21(35-19-8-6-16(12-27)7-9-19)11-20(29-30)17-4-3-5-18(10-17)22(14-34-15-22)31(36(28,32)33)13-23(24,25)26/h3-11H,2,13-15H2,1H3,(H2,28,32,33). The minimum absolute atomic E-state index is 0.243. The van der Waals surface area contributed by atoms with Gasteiger partial charge in [-0.05, 0) is 42.8 Å². The Labute approximate surface area is 205 Å². The highest BCUT2D eigenvalue weighted by molar-refractivity contribution is 7.86. The molecule has 1 aliphatic rings. The predicted octanol–water partition coefficient (Wildman–Crippen LogP) is 3.53. The Balaban J connectivity index is 1.69. The summed E-state index contributed by atoms with van der Waals surface area (Å²) in [5.41, 5.74) is 0.184. The minimum atomic E-state index is -4.80. The molecule has 0 spiro atoms. The first-order chi connectivity index (χ1) is 16.9. The van der Waals surface area contributed by atoms with Crippen molar-refractivity contribution >= 4 is 10.2 Å². The van der Waals surface area contributed by atoms with Gasteiger partial charge >= 0.3 is 6.18 Å². The Morgan fingerprint density at radius 2 is 1.92 bits per heavy atom. The van der Waals surface area contributed by atoms with Crippen LogP contribution in [0.2, 0.25) is 0 Å². The molecule has 13 heteroatoms. The van der Waals surface area contributed by atoms with E-state index in [1.807, 2.05) is 13.0 Å². The molecule has 1 aliphatic heterocycles. The number of halogens is 3. The Morgan fingerprint density at radius 1 is 1.22 bits per heavy atom. The van der Waals surface area contributed by atoms with E-state index in [4.69, 9.17) is 19.9 Å². The third kappa shape index (κ3) is 5.21. The normalized spacial score (nSPS) is 15.4. The molecule has 36 heavy (non-hydrogen) atoms. The van der Waals surface area contributed by atoms with Gasteiger partial charge in [-0.3, -0.25) is 0 Å². The highest BCUT2D eigenvalue weighted by atomic mass is 32.2. The van der Waals surface area contributed by atoms with E-state index >= 15 is 0 Å². The second-order valence-corrected chi connectivity index (χ2v) is 9.66. The van der Waals surface area contributed by atoms with Gasteiger partial charge in [-0.15, -0.1) is 0 Å². The van der Waals surface area contributed by atoms with Crippen molar-refractivity contribution in [3.63, 3.8) is 0 Å². The van der Waals surface area contributed by atoms with Gasteiger partial charge in [0.05, 0.1) is 30.5 Å². The number of alkyl halides is 3. The first-order valence-corrected chi connectivity index (χ1v) is 12.3. The number of ether oxygens (including phenoxy) is 2. The fourth-order valence-electron chi connectivity index (χ4n) is 3.93. The number of hydrogen-bond donors (Lipinski definition) is 1. The first kappa shape index (κ1) is 25.6. The molecule has 0 atom stereocenters. The summed E-state index contributed by atoms with van der Waals surface area (Å²) in [6.07, 6.45) is -4.80. The molecule has 3 aromatic rings. The number of rotatable bonds is 8. The number of nitrogens with zero attached hydrogens (tertiary/aromatic N) is 4. The lowest BCUT2D eigenvalue weighted by molar-refractivity contribution is -0.178. The van der Waals surface area contributed by atoms with Gasteiger partial charge in [0.25, 0.3) is 10.2 Å². The highest BCUT2D eigenvalue weighted by Gasteiger charge is 2.53. The molecule has 2 heterocycles. The van der Waals surface area contributed by atoms with E-state index in [9.17, 15) is 21.6 Å². The molecule has 0 bridgehead atoms. The van der Waals surface area contributed by atoms with E-state index < -0.39 is 28.5 Å². The number of aryl methyl sites for hydroxylation is 1. The fraction of sp³-hybridized carbons (Fsp3) is 0.304. The molecule has 9 nitrogen and oxygen atoms in total. The Morgan fingerprint density at radius 3 is 2.44 bits per heavy atom. The van der Waals surface area contributed by atoms with Gasteiger partial charge in [-0.1, -0.05) is 18.2 Å². The van der Waals surface area contributed by atoms with Crippen molar-refractivity contribution in [1.82, 2.24) is 14.1 Å². The summed E-state index contributed by atoms with van der Waals surface area (Å²) >= 11 is 0. The van der Waals surface area contributed by atoms with Crippen molar-refractivity contribution in [3.05, 3.63) is 65.7 Å². The SMILES string of the molecule is CCn1nc(-c2cccc(C3(N(CC(F)(F)F)S(N)(=O)=O)COC3)c2)cc1Oc1ccc(C#N)cc1. The lowest BCUT2D eigenvalue weighted by Crippen LogP contribution is -2.64. The van der Waals surface area contributed by atoms with Crippen molar-refractivity contribution in [2.45, 2.75) is 25.2 Å². The van der Waals surface area contributed by atoms with Gasteiger partial charge in [-0.25, -0.2) is 9.82 Å². The molecule has 2 aromatic carbocycles. The smallest absolute Gasteiger partial charge is 0.402 e. The summed E-state index contributed by atoms with van der Waals surface area (Å²) in [6, 6.07) is 16.6. The van der Waals surface area contributed by atoms with Crippen LogP contribution in [0.25, 0.3) is 11.3 Å². The maximum absolute atomic E-state index is 13.2. The quantitative estimate of drug-likeness (QED) is 0.484. The number of nitriles is 1. The zero-order chi connectivity index (χ0) is 26.1. The van der Waals surface area contributed by atoms with E-state index in [1.54, 1.807) is 53.2 Å². The second kappa shape index (κ2) is 9.55. The van der Waals surface area contributed by atoms with Gasteiger partial charge < -0.3 is 9.47 Å². The van der Waals surface area contributed by atoms with Crippen LogP contribution in [0.5, 0.6) is 11.6 Å². The van der Waals surface area contributed by atoms with Crippen LogP contribution in [0, 0.1) is 11.3 Å². The molecule has 1 aromatic heterocycles. The number of benzene rings is 2. The van der Waals surface area contributed by atoms with Crippen LogP contribution < -0.4 is 9.88 Å². The Bertz CT molecular complexity index is 1390. The molecule has 2 N–H and O–H groups in total. The van der Waals surface area contributed by atoms with Crippen molar-refractivity contribution < 1.29 is 31.1 Å². The first-order valence-electron chi connectivity index (χ1n) is 10.8. The second-order valence-electron chi connectivity index (χ2n) is 8.19. The number of hydrogen-bond acceptors (Lipinski definition) is 6. The minimum Gasteiger partial charge on any atom is -0.439 e. The summed E-state index contributed by atoms with van der Waals surface area (Å²) in [6.45, 7) is 0.0276. The predicted molar refractivity (Wildman–Crippen MR) is 123 cm³/mol. The average molecular weight is 522 g/mol. The lowest BCUT2D eigenvalue weighted by atomic mass is 9.86. The molecule has 0 aliphatic carbocycles. The van der Waals surface area contributed by atoms with E-state index in [1.165, 1.54) is 6.07 Å². The topological polar surface area (TPSA) is 123 Å². The molecule has 0 radical (unpaired) electrons. The van der Waals surface area contributed by atoms with Crippen LogP contribution in [-0.4, -0.2) is 48.4 Å². The number of nitrogens with two attached hydrogens (primary N) is 1. The van der Waals surface area contributed by atoms with Crippen LogP contribution in [0.1, 0.15) is 18.1 Å². The molecular weight excluding hydrogens is 499 g/mol.